The van der Waals surface area contributed by atoms with Gasteiger partial charge in [-0.3, -0.25) is 4.57 Å². The number of aromatic nitrogens is 6. The van der Waals surface area contributed by atoms with Gasteiger partial charge in [0.15, 0.2) is 27.2 Å². The minimum atomic E-state index is -3.78. The zero-order valence-corrected chi connectivity index (χ0v) is 23.7. The van der Waals surface area contributed by atoms with Crippen LogP contribution in [0.4, 0.5) is 0 Å². The van der Waals surface area contributed by atoms with Crippen molar-refractivity contribution in [2.24, 2.45) is 0 Å². The molecule has 3 aromatic heterocycles. The molecule has 0 N–H and O–H groups in total. The highest BCUT2D eigenvalue weighted by atomic mass is 35.5. The second-order valence-corrected chi connectivity index (χ2v) is 12.3. The van der Waals surface area contributed by atoms with Crippen molar-refractivity contribution in [3.05, 3.63) is 58.6 Å². The molecule has 0 aliphatic heterocycles. The highest BCUT2D eigenvalue weighted by Gasteiger charge is 2.34. The Morgan fingerprint density at radius 2 is 1.72 bits per heavy atom. The average molecular weight is 573 g/mol. The first kappa shape index (κ1) is 27.1. The molecule has 1 aromatic carbocycles. The van der Waals surface area contributed by atoms with Crippen molar-refractivity contribution in [1.82, 2.24) is 29.9 Å². The van der Waals surface area contributed by atoms with Crippen LogP contribution in [0.3, 0.4) is 0 Å². The molecule has 0 unspecified atom stereocenters. The van der Waals surface area contributed by atoms with Crippen molar-refractivity contribution < 1.29 is 22.4 Å². The van der Waals surface area contributed by atoms with Crippen LogP contribution in [-0.4, -0.2) is 57.8 Å². The molecule has 0 amide bonds. The van der Waals surface area contributed by atoms with E-state index < -0.39 is 26.8 Å². The molecule has 1 aliphatic carbocycles. The number of fused-ring (bicyclic) bond motifs is 1. The SMILES string of the molecule is COc1cccc(OC)c1-n1c(CS(=O)(=O)[C@@H](C)[C@H](C)c2ncc(Cl)cn2)nnc1-c1noc2c1CCCC2. The van der Waals surface area contributed by atoms with Crippen LogP contribution in [0.1, 0.15) is 55.6 Å². The molecule has 3 heterocycles. The maximum atomic E-state index is 13.7. The number of para-hydroxylation sites is 1. The summed E-state index contributed by atoms with van der Waals surface area (Å²) in [6.45, 7) is 3.41. The lowest BCUT2D eigenvalue weighted by molar-refractivity contribution is 0.373. The third-order valence-electron chi connectivity index (χ3n) is 7.17. The summed E-state index contributed by atoms with van der Waals surface area (Å²) in [7, 11) is -0.707. The summed E-state index contributed by atoms with van der Waals surface area (Å²) in [5, 5.41) is 12.7. The zero-order valence-electron chi connectivity index (χ0n) is 22.1. The smallest absolute Gasteiger partial charge is 0.191 e. The van der Waals surface area contributed by atoms with Gasteiger partial charge < -0.3 is 14.0 Å². The largest absolute Gasteiger partial charge is 0.494 e. The molecule has 39 heavy (non-hydrogen) atoms. The first-order chi connectivity index (χ1) is 18.7. The van der Waals surface area contributed by atoms with Crippen LogP contribution in [0.2, 0.25) is 5.02 Å². The summed E-state index contributed by atoms with van der Waals surface area (Å²) in [6, 6.07) is 5.32. The number of benzene rings is 1. The minimum Gasteiger partial charge on any atom is -0.494 e. The standard InChI is InChI=1S/C26H29ClN6O5S/c1-15(25-28-12-17(27)13-29-25)16(2)39(34,35)14-22-30-31-26(23-18-8-5-6-9-19(18)38-32-23)33(22)24-20(36-3)10-7-11-21(24)37-4/h7,10-13,15-16H,5-6,8-9,14H2,1-4H3/t15-,16-/m0/s1. The first-order valence-electron chi connectivity index (χ1n) is 12.6. The topological polar surface area (TPSA) is 135 Å². The van der Waals surface area contributed by atoms with Crippen molar-refractivity contribution in [3.63, 3.8) is 0 Å². The Kier molecular flexibility index (Phi) is 7.59. The first-order valence-corrected chi connectivity index (χ1v) is 14.7. The van der Waals surface area contributed by atoms with Crippen LogP contribution >= 0.6 is 11.6 Å². The highest BCUT2D eigenvalue weighted by molar-refractivity contribution is 7.91. The molecular formula is C26H29ClN6O5S. The Morgan fingerprint density at radius 3 is 2.38 bits per heavy atom. The number of rotatable bonds is 9. The molecule has 4 aromatic rings. The summed E-state index contributed by atoms with van der Waals surface area (Å²) in [4.78, 5) is 8.43. The lowest BCUT2D eigenvalue weighted by Gasteiger charge is -2.20. The van der Waals surface area contributed by atoms with Crippen LogP contribution in [0, 0.1) is 0 Å². The van der Waals surface area contributed by atoms with E-state index in [1.165, 1.54) is 26.6 Å². The van der Waals surface area contributed by atoms with Crippen LogP contribution in [-0.2, 0) is 28.4 Å². The Morgan fingerprint density at radius 1 is 1.05 bits per heavy atom. The van der Waals surface area contributed by atoms with Gasteiger partial charge in [0, 0.05) is 30.3 Å². The Bertz CT molecular complexity index is 1560. The van der Waals surface area contributed by atoms with Crippen molar-refractivity contribution in [2.75, 3.05) is 14.2 Å². The van der Waals surface area contributed by atoms with Crippen molar-refractivity contribution in [1.29, 1.82) is 0 Å². The highest BCUT2D eigenvalue weighted by Crippen LogP contribution is 2.39. The molecule has 0 saturated heterocycles. The quantitative estimate of drug-likeness (QED) is 0.284. The number of aryl methyl sites for hydroxylation is 1. The molecule has 13 heteroatoms. The number of methoxy groups -OCH3 is 2. The molecule has 0 saturated carbocycles. The van der Waals surface area contributed by atoms with Gasteiger partial charge in [-0.15, -0.1) is 10.2 Å². The van der Waals surface area contributed by atoms with Crippen LogP contribution in [0.15, 0.2) is 35.1 Å². The molecule has 0 fully saturated rings. The summed E-state index contributed by atoms with van der Waals surface area (Å²) >= 11 is 5.91. The number of hydrogen-bond acceptors (Lipinski definition) is 10. The Balaban J connectivity index is 1.62. The van der Waals surface area contributed by atoms with Crippen molar-refractivity contribution >= 4 is 21.4 Å². The fraction of sp³-hybridized carbons (Fsp3) is 0.423. The second kappa shape index (κ2) is 10.9. The number of hydrogen-bond donors (Lipinski definition) is 0. The Labute approximate surface area is 231 Å². The van der Waals surface area contributed by atoms with E-state index in [9.17, 15) is 8.42 Å². The van der Waals surface area contributed by atoms with Gasteiger partial charge in [0.2, 0.25) is 0 Å². The molecule has 2 atom stereocenters. The van der Waals surface area contributed by atoms with E-state index in [4.69, 9.17) is 25.6 Å². The van der Waals surface area contributed by atoms with Gasteiger partial charge in [0.1, 0.15) is 34.5 Å². The summed E-state index contributed by atoms with van der Waals surface area (Å²) in [6.07, 6.45) is 6.50. The Hall–Kier alpha value is -3.51. The summed E-state index contributed by atoms with van der Waals surface area (Å²) in [5.41, 5.74) is 1.96. The monoisotopic (exact) mass is 572 g/mol. The van der Waals surface area contributed by atoms with Gasteiger partial charge in [0.05, 0.1) is 24.5 Å². The van der Waals surface area contributed by atoms with Gasteiger partial charge in [-0.05, 0) is 38.3 Å². The molecular weight excluding hydrogens is 544 g/mol. The van der Waals surface area contributed by atoms with E-state index in [1.54, 1.807) is 36.6 Å². The predicted octanol–water partition coefficient (Wildman–Crippen LogP) is 4.37. The third kappa shape index (κ3) is 5.10. The third-order valence-corrected chi connectivity index (χ3v) is 9.56. The maximum absolute atomic E-state index is 13.7. The molecule has 0 spiro atoms. The van der Waals surface area contributed by atoms with Gasteiger partial charge in [-0.1, -0.05) is 29.7 Å². The number of nitrogens with zero attached hydrogens (tertiary/aromatic N) is 6. The lowest BCUT2D eigenvalue weighted by Crippen LogP contribution is -2.27. The van der Waals surface area contributed by atoms with Crippen LogP contribution < -0.4 is 9.47 Å². The molecule has 0 bridgehead atoms. The fourth-order valence-electron chi connectivity index (χ4n) is 4.80. The lowest BCUT2D eigenvalue weighted by atomic mass is 9.96. The van der Waals surface area contributed by atoms with Gasteiger partial charge in [0.25, 0.3) is 0 Å². The van der Waals surface area contributed by atoms with E-state index in [1.807, 2.05) is 0 Å². The number of ether oxygens (including phenoxy) is 2. The van der Waals surface area contributed by atoms with Gasteiger partial charge in [-0.2, -0.15) is 0 Å². The molecule has 5 rings (SSSR count). The van der Waals surface area contributed by atoms with Crippen molar-refractivity contribution in [2.45, 2.75) is 56.5 Å². The number of sulfone groups is 1. The predicted molar refractivity (Wildman–Crippen MR) is 144 cm³/mol. The number of halogens is 1. The van der Waals surface area contributed by atoms with E-state index in [0.29, 0.717) is 39.6 Å². The van der Waals surface area contributed by atoms with E-state index >= 15 is 0 Å². The minimum absolute atomic E-state index is 0.191. The van der Waals surface area contributed by atoms with E-state index in [2.05, 4.69) is 25.3 Å². The maximum Gasteiger partial charge on any atom is 0.191 e. The van der Waals surface area contributed by atoms with Gasteiger partial charge >= 0.3 is 0 Å². The molecule has 1 aliphatic rings. The van der Waals surface area contributed by atoms with Crippen molar-refractivity contribution in [3.8, 4) is 28.7 Å². The summed E-state index contributed by atoms with van der Waals surface area (Å²) < 4.78 is 46.1. The zero-order chi connectivity index (χ0) is 27.7. The summed E-state index contributed by atoms with van der Waals surface area (Å²) in [5.74, 6) is 1.78. The van der Waals surface area contributed by atoms with Crippen LogP contribution in [0.25, 0.3) is 17.2 Å². The second-order valence-electron chi connectivity index (χ2n) is 9.49. The van der Waals surface area contributed by atoms with Crippen LogP contribution in [0.5, 0.6) is 11.5 Å². The molecule has 206 valence electrons. The normalized spacial score (nSPS) is 15.0. The molecule has 0 radical (unpaired) electrons. The van der Waals surface area contributed by atoms with E-state index in [0.717, 1.165) is 37.0 Å². The average Bonchev–Trinajstić information content (AvgIpc) is 3.55. The molecule has 11 nitrogen and oxygen atoms in total. The van der Waals surface area contributed by atoms with E-state index in [-0.39, 0.29) is 5.82 Å². The fourth-order valence-corrected chi connectivity index (χ4v) is 6.45. The van der Waals surface area contributed by atoms with Gasteiger partial charge in [-0.25, -0.2) is 18.4 Å².